The molecule has 5 aromatic rings. The second-order valence-electron chi connectivity index (χ2n) is 7.64. The van der Waals surface area contributed by atoms with Crippen molar-refractivity contribution in [1.29, 1.82) is 0 Å². The van der Waals surface area contributed by atoms with E-state index in [4.69, 9.17) is 4.42 Å². The van der Waals surface area contributed by atoms with Crippen molar-refractivity contribution in [3.8, 4) is 0 Å². The van der Waals surface area contributed by atoms with Gasteiger partial charge < -0.3 is 19.6 Å². The Morgan fingerprint density at radius 1 is 0.758 bits per heavy atom. The van der Waals surface area contributed by atoms with Gasteiger partial charge in [-0.3, -0.25) is 9.59 Å². The van der Waals surface area contributed by atoms with Crippen LogP contribution in [-0.2, 0) is 6.54 Å². The third-order valence-corrected chi connectivity index (χ3v) is 5.35. The number of carbonyl (C=O) groups excluding carboxylic acids is 2. The number of nitrogens with one attached hydrogen (secondary N) is 2. The highest BCUT2D eigenvalue weighted by Gasteiger charge is 2.16. The zero-order valence-electron chi connectivity index (χ0n) is 17.7. The summed E-state index contributed by atoms with van der Waals surface area (Å²) in [6.07, 6.45) is 3.33. The monoisotopic (exact) mass is 435 g/mol. The molecule has 2 N–H and O–H groups in total. The predicted molar refractivity (Wildman–Crippen MR) is 129 cm³/mol. The molecule has 0 aliphatic heterocycles. The Kier molecular flexibility index (Phi) is 5.47. The molecule has 0 atom stereocenters. The van der Waals surface area contributed by atoms with Gasteiger partial charge in [-0.1, -0.05) is 54.6 Å². The molecule has 2 amide bonds. The number of rotatable bonds is 6. The number of anilines is 2. The zero-order valence-corrected chi connectivity index (χ0v) is 17.7. The summed E-state index contributed by atoms with van der Waals surface area (Å²) >= 11 is 0. The molecule has 6 heteroatoms. The molecule has 0 saturated heterocycles. The Morgan fingerprint density at radius 2 is 1.48 bits per heavy atom. The first kappa shape index (κ1) is 20.3. The van der Waals surface area contributed by atoms with Gasteiger partial charge in [-0.25, -0.2) is 0 Å². The number of fused-ring (bicyclic) bond motifs is 1. The number of benzene rings is 3. The summed E-state index contributed by atoms with van der Waals surface area (Å²) in [6.45, 7) is 0.670. The molecule has 3 aromatic carbocycles. The third kappa shape index (κ3) is 4.41. The highest BCUT2D eigenvalue weighted by molar-refractivity contribution is 6.13. The van der Waals surface area contributed by atoms with Crippen molar-refractivity contribution in [2.75, 3.05) is 10.6 Å². The van der Waals surface area contributed by atoms with Crippen LogP contribution in [0.5, 0.6) is 0 Å². The van der Waals surface area contributed by atoms with Crippen molar-refractivity contribution < 1.29 is 14.0 Å². The summed E-state index contributed by atoms with van der Waals surface area (Å²) in [5, 5.41) is 6.60. The van der Waals surface area contributed by atoms with Crippen LogP contribution in [0.3, 0.4) is 0 Å². The van der Waals surface area contributed by atoms with Gasteiger partial charge in [0, 0.05) is 35.0 Å². The molecule has 0 radical (unpaired) electrons. The summed E-state index contributed by atoms with van der Waals surface area (Å²) in [5.74, 6) is -0.351. The summed E-state index contributed by atoms with van der Waals surface area (Å²) in [6, 6.07) is 28.2. The molecule has 0 unspecified atom stereocenters. The maximum absolute atomic E-state index is 13.2. The SMILES string of the molecule is O=C(Nc1cccc(NC(=O)c2cn(Cc3ccccc3)c3ccccc23)c1)c1ccco1. The number of hydrogen-bond donors (Lipinski definition) is 2. The molecule has 0 bridgehead atoms. The first-order chi connectivity index (χ1) is 16.2. The summed E-state index contributed by atoms with van der Waals surface area (Å²) in [4.78, 5) is 25.4. The maximum Gasteiger partial charge on any atom is 0.291 e. The Balaban J connectivity index is 1.38. The number of para-hydroxylation sites is 1. The minimum Gasteiger partial charge on any atom is -0.459 e. The second kappa shape index (κ2) is 8.88. The van der Waals surface area contributed by atoms with Crippen LogP contribution >= 0.6 is 0 Å². The summed E-state index contributed by atoms with van der Waals surface area (Å²) in [7, 11) is 0. The first-order valence-electron chi connectivity index (χ1n) is 10.6. The van der Waals surface area contributed by atoms with Gasteiger partial charge in [0.25, 0.3) is 11.8 Å². The topological polar surface area (TPSA) is 76.3 Å². The average molecular weight is 435 g/mol. The molecule has 6 nitrogen and oxygen atoms in total. The van der Waals surface area contributed by atoms with Gasteiger partial charge in [-0.2, -0.15) is 0 Å². The molecule has 33 heavy (non-hydrogen) atoms. The largest absolute Gasteiger partial charge is 0.459 e. The Bertz CT molecular complexity index is 1420. The van der Waals surface area contributed by atoms with Gasteiger partial charge in [-0.05, 0) is 42.0 Å². The standard InChI is InChI=1S/C27H21N3O3/c31-26(28-20-10-6-11-21(16-20)29-27(32)25-14-7-15-33-25)23-18-30(17-19-8-2-1-3-9-19)24-13-5-4-12-22(23)24/h1-16,18H,17H2,(H,28,31)(H,29,32). The molecule has 0 spiro atoms. The van der Waals surface area contributed by atoms with Gasteiger partial charge in [0.1, 0.15) is 0 Å². The van der Waals surface area contributed by atoms with E-state index in [1.807, 2.05) is 48.7 Å². The molecular weight excluding hydrogens is 414 g/mol. The van der Waals surface area contributed by atoms with E-state index < -0.39 is 0 Å². The predicted octanol–water partition coefficient (Wildman–Crippen LogP) is 5.79. The smallest absolute Gasteiger partial charge is 0.291 e. The van der Waals surface area contributed by atoms with E-state index in [0.29, 0.717) is 23.5 Å². The minimum atomic E-state index is -0.354. The van der Waals surface area contributed by atoms with E-state index in [2.05, 4.69) is 27.3 Å². The fraction of sp³-hybridized carbons (Fsp3) is 0.0370. The van der Waals surface area contributed by atoms with E-state index in [0.717, 1.165) is 16.5 Å². The highest BCUT2D eigenvalue weighted by atomic mass is 16.3. The van der Waals surface area contributed by atoms with Crippen LogP contribution in [0.4, 0.5) is 11.4 Å². The molecule has 2 aromatic heterocycles. The summed E-state index contributed by atoms with van der Waals surface area (Å²) in [5.41, 5.74) is 3.88. The third-order valence-electron chi connectivity index (χ3n) is 5.35. The van der Waals surface area contributed by atoms with Crippen LogP contribution in [-0.4, -0.2) is 16.4 Å². The van der Waals surface area contributed by atoms with Crippen LogP contribution in [0, 0.1) is 0 Å². The van der Waals surface area contributed by atoms with Crippen LogP contribution in [0.2, 0.25) is 0 Å². The number of nitrogens with zero attached hydrogens (tertiary/aromatic N) is 1. The maximum atomic E-state index is 13.2. The van der Waals surface area contributed by atoms with Gasteiger partial charge in [0.05, 0.1) is 11.8 Å². The van der Waals surface area contributed by atoms with Crippen molar-refractivity contribution >= 4 is 34.1 Å². The van der Waals surface area contributed by atoms with E-state index in [1.165, 1.54) is 6.26 Å². The zero-order chi connectivity index (χ0) is 22.6. The van der Waals surface area contributed by atoms with Crippen molar-refractivity contribution in [2.45, 2.75) is 6.54 Å². The van der Waals surface area contributed by atoms with Crippen LogP contribution in [0.25, 0.3) is 10.9 Å². The molecule has 0 saturated carbocycles. The van der Waals surface area contributed by atoms with Crippen LogP contribution < -0.4 is 10.6 Å². The molecule has 0 aliphatic rings. The van der Waals surface area contributed by atoms with Gasteiger partial charge in [0.15, 0.2) is 5.76 Å². The van der Waals surface area contributed by atoms with E-state index in [9.17, 15) is 9.59 Å². The Morgan fingerprint density at radius 3 is 2.24 bits per heavy atom. The van der Waals surface area contributed by atoms with Crippen LogP contribution in [0.1, 0.15) is 26.5 Å². The Labute approximate surface area is 190 Å². The number of aromatic nitrogens is 1. The highest BCUT2D eigenvalue weighted by Crippen LogP contribution is 2.24. The normalized spacial score (nSPS) is 10.8. The number of hydrogen-bond acceptors (Lipinski definition) is 3. The van der Waals surface area contributed by atoms with Crippen molar-refractivity contribution in [2.24, 2.45) is 0 Å². The molecule has 2 heterocycles. The van der Waals surface area contributed by atoms with Gasteiger partial charge in [-0.15, -0.1) is 0 Å². The van der Waals surface area contributed by atoms with Crippen LogP contribution in [0.15, 0.2) is 108 Å². The lowest BCUT2D eigenvalue weighted by molar-refractivity contribution is 0.0995. The quantitative estimate of drug-likeness (QED) is 0.355. The first-order valence-corrected chi connectivity index (χ1v) is 10.6. The Hall–Kier alpha value is -4.58. The minimum absolute atomic E-state index is 0.215. The van der Waals surface area contributed by atoms with Crippen molar-refractivity contribution in [3.05, 3.63) is 120 Å². The lowest BCUT2D eigenvalue weighted by Crippen LogP contribution is -2.13. The molecular formula is C27H21N3O3. The fourth-order valence-electron chi connectivity index (χ4n) is 3.81. The number of furan rings is 1. The molecule has 162 valence electrons. The molecule has 0 fully saturated rings. The van der Waals surface area contributed by atoms with Crippen molar-refractivity contribution in [1.82, 2.24) is 4.57 Å². The summed E-state index contributed by atoms with van der Waals surface area (Å²) < 4.78 is 7.20. The van der Waals surface area contributed by atoms with E-state index >= 15 is 0 Å². The lowest BCUT2D eigenvalue weighted by Gasteiger charge is -2.08. The molecule has 5 rings (SSSR count). The second-order valence-corrected chi connectivity index (χ2v) is 7.64. The number of amides is 2. The van der Waals surface area contributed by atoms with E-state index in [1.54, 1.807) is 36.4 Å². The van der Waals surface area contributed by atoms with E-state index in [-0.39, 0.29) is 17.6 Å². The fourth-order valence-corrected chi connectivity index (χ4v) is 3.81. The lowest BCUT2D eigenvalue weighted by atomic mass is 10.1. The van der Waals surface area contributed by atoms with Gasteiger partial charge in [0.2, 0.25) is 0 Å². The molecule has 0 aliphatic carbocycles. The van der Waals surface area contributed by atoms with Crippen molar-refractivity contribution in [3.63, 3.8) is 0 Å². The number of carbonyl (C=O) groups is 2. The average Bonchev–Trinajstić information content (AvgIpc) is 3.49. The van der Waals surface area contributed by atoms with Gasteiger partial charge >= 0.3 is 0 Å².